The third kappa shape index (κ3) is 4.62. The highest BCUT2D eigenvalue weighted by atomic mass is 19.2. The predicted molar refractivity (Wildman–Crippen MR) is 83.2 cm³/mol. The molecule has 2 atom stereocenters. The topological polar surface area (TPSA) is 44.8 Å². The van der Waals surface area contributed by atoms with Gasteiger partial charge in [-0.05, 0) is 38.2 Å². The Morgan fingerprint density at radius 2 is 2.00 bits per heavy atom. The fourth-order valence-corrected chi connectivity index (χ4v) is 2.48. The first-order chi connectivity index (χ1) is 10.9. The molecule has 1 aliphatic heterocycles. The summed E-state index contributed by atoms with van der Waals surface area (Å²) in [5, 5.41) is 2.91. The molecule has 0 aliphatic carbocycles. The molecular formula is C16H23F2N3O2. The van der Waals surface area contributed by atoms with Gasteiger partial charge in [-0.25, -0.2) is 13.6 Å². The third-order valence-corrected chi connectivity index (χ3v) is 3.90. The van der Waals surface area contributed by atoms with E-state index < -0.39 is 17.7 Å². The molecule has 1 aliphatic rings. The van der Waals surface area contributed by atoms with Gasteiger partial charge in [0.15, 0.2) is 11.6 Å². The number of nitrogens with zero attached hydrogens (tertiary/aromatic N) is 2. The van der Waals surface area contributed by atoms with Crippen molar-refractivity contribution in [3.8, 4) is 0 Å². The Morgan fingerprint density at radius 3 is 2.65 bits per heavy atom. The summed E-state index contributed by atoms with van der Waals surface area (Å²) in [7, 11) is 5.60. The minimum absolute atomic E-state index is 0.199. The first-order valence-electron chi connectivity index (χ1n) is 7.61. The lowest BCUT2D eigenvalue weighted by atomic mass is 10.0. The maximum absolute atomic E-state index is 13.4. The van der Waals surface area contributed by atoms with Crippen LogP contribution in [0, 0.1) is 11.6 Å². The molecule has 0 bridgehead atoms. The molecule has 1 aromatic carbocycles. The van der Waals surface area contributed by atoms with Gasteiger partial charge in [0.25, 0.3) is 0 Å². The molecule has 1 aromatic rings. The minimum Gasteiger partial charge on any atom is -0.371 e. The summed E-state index contributed by atoms with van der Waals surface area (Å²) in [6.07, 6.45) is 0.174. The SMILES string of the molecule is CN(C)CCN(C)C(=O)N[C@H]1CCO[C@H]1c1ccc(F)c(F)c1. The zero-order valence-electron chi connectivity index (χ0n) is 13.7. The van der Waals surface area contributed by atoms with E-state index in [0.29, 0.717) is 25.1 Å². The molecule has 2 rings (SSSR count). The van der Waals surface area contributed by atoms with Crippen LogP contribution in [-0.2, 0) is 4.74 Å². The quantitative estimate of drug-likeness (QED) is 0.900. The van der Waals surface area contributed by atoms with Crippen molar-refractivity contribution in [3.63, 3.8) is 0 Å². The van der Waals surface area contributed by atoms with Crippen molar-refractivity contribution in [1.29, 1.82) is 0 Å². The smallest absolute Gasteiger partial charge is 0.317 e. The summed E-state index contributed by atoms with van der Waals surface area (Å²) in [6, 6.07) is 3.24. The van der Waals surface area contributed by atoms with Gasteiger partial charge in [-0.15, -0.1) is 0 Å². The maximum Gasteiger partial charge on any atom is 0.317 e. The molecule has 0 saturated carbocycles. The number of ether oxygens (including phenoxy) is 1. The highest BCUT2D eigenvalue weighted by Gasteiger charge is 2.32. The third-order valence-electron chi connectivity index (χ3n) is 3.90. The first kappa shape index (κ1) is 17.6. The minimum atomic E-state index is -0.911. The zero-order valence-corrected chi connectivity index (χ0v) is 13.7. The number of amides is 2. The van der Waals surface area contributed by atoms with E-state index in [1.54, 1.807) is 11.9 Å². The molecule has 1 heterocycles. The summed E-state index contributed by atoms with van der Waals surface area (Å²) in [5.41, 5.74) is 0.530. The van der Waals surface area contributed by atoms with Crippen LogP contribution >= 0.6 is 0 Å². The molecule has 128 valence electrons. The lowest BCUT2D eigenvalue weighted by molar-refractivity contribution is 0.0980. The number of nitrogens with one attached hydrogen (secondary N) is 1. The number of rotatable bonds is 5. The molecule has 1 N–H and O–H groups in total. The van der Waals surface area contributed by atoms with E-state index in [1.807, 2.05) is 19.0 Å². The second kappa shape index (κ2) is 7.70. The van der Waals surface area contributed by atoms with Gasteiger partial charge in [0.1, 0.15) is 6.10 Å². The monoisotopic (exact) mass is 327 g/mol. The van der Waals surface area contributed by atoms with Gasteiger partial charge in [0, 0.05) is 26.7 Å². The van der Waals surface area contributed by atoms with Gasteiger partial charge >= 0.3 is 6.03 Å². The Kier molecular flexibility index (Phi) is 5.90. The fraction of sp³-hybridized carbons (Fsp3) is 0.562. The van der Waals surface area contributed by atoms with E-state index in [2.05, 4.69) is 5.32 Å². The number of benzene rings is 1. The van der Waals surface area contributed by atoms with Crippen LogP contribution in [0.5, 0.6) is 0 Å². The summed E-state index contributed by atoms with van der Waals surface area (Å²) >= 11 is 0. The number of urea groups is 1. The van der Waals surface area contributed by atoms with Gasteiger partial charge in [-0.2, -0.15) is 0 Å². The van der Waals surface area contributed by atoms with Gasteiger partial charge in [-0.3, -0.25) is 0 Å². The Labute approximate surface area is 135 Å². The van der Waals surface area contributed by atoms with Crippen molar-refractivity contribution < 1.29 is 18.3 Å². The van der Waals surface area contributed by atoms with Crippen LogP contribution in [0.3, 0.4) is 0 Å². The highest BCUT2D eigenvalue weighted by Crippen LogP contribution is 2.30. The molecule has 1 saturated heterocycles. The van der Waals surface area contributed by atoms with Crippen LogP contribution in [0.25, 0.3) is 0 Å². The molecule has 0 unspecified atom stereocenters. The first-order valence-corrected chi connectivity index (χ1v) is 7.61. The number of hydrogen-bond acceptors (Lipinski definition) is 3. The second-order valence-corrected chi connectivity index (χ2v) is 6.03. The zero-order chi connectivity index (χ0) is 17.0. The van der Waals surface area contributed by atoms with Crippen LogP contribution in [0.2, 0.25) is 0 Å². The molecule has 7 heteroatoms. The largest absolute Gasteiger partial charge is 0.371 e. The molecule has 1 fully saturated rings. The van der Waals surface area contributed by atoms with Crippen LogP contribution in [0.15, 0.2) is 18.2 Å². The van der Waals surface area contributed by atoms with Crippen molar-refractivity contribution in [2.24, 2.45) is 0 Å². The average Bonchev–Trinajstić information content (AvgIpc) is 2.95. The molecule has 0 aromatic heterocycles. The second-order valence-electron chi connectivity index (χ2n) is 6.03. The van der Waals surface area contributed by atoms with E-state index in [4.69, 9.17) is 4.74 Å². The number of halogens is 2. The predicted octanol–water partition coefficient (Wildman–Crippen LogP) is 2.00. The van der Waals surface area contributed by atoms with Gasteiger partial charge < -0.3 is 19.9 Å². The number of carbonyl (C=O) groups is 1. The van der Waals surface area contributed by atoms with Gasteiger partial charge in [-0.1, -0.05) is 6.07 Å². The standard InChI is InChI=1S/C16H23F2N3O2/c1-20(2)7-8-21(3)16(22)19-14-6-9-23-15(14)11-4-5-12(17)13(18)10-11/h4-5,10,14-15H,6-9H2,1-3H3,(H,19,22)/t14-,15-/m0/s1. The Morgan fingerprint density at radius 1 is 1.26 bits per heavy atom. The summed E-state index contributed by atoms with van der Waals surface area (Å²) in [6.45, 7) is 1.83. The van der Waals surface area contributed by atoms with E-state index in [9.17, 15) is 13.6 Å². The number of likely N-dealkylation sites (N-methyl/N-ethyl adjacent to an activating group) is 2. The van der Waals surface area contributed by atoms with Crippen LogP contribution in [0.4, 0.5) is 13.6 Å². The lowest BCUT2D eigenvalue weighted by Crippen LogP contribution is -2.45. The van der Waals surface area contributed by atoms with Gasteiger partial charge in [0.2, 0.25) is 0 Å². The van der Waals surface area contributed by atoms with E-state index in [1.165, 1.54) is 6.07 Å². The number of hydrogen-bond donors (Lipinski definition) is 1. The molecule has 2 amide bonds. The van der Waals surface area contributed by atoms with Crippen LogP contribution in [-0.4, -0.2) is 62.7 Å². The fourth-order valence-electron chi connectivity index (χ4n) is 2.48. The molecule has 0 spiro atoms. The van der Waals surface area contributed by atoms with Crippen molar-refractivity contribution >= 4 is 6.03 Å². The summed E-state index contributed by atoms with van der Waals surface area (Å²) < 4.78 is 32.0. The summed E-state index contributed by atoms with van der Waals surface area (Å²) in [4.78, 5) is 15.8. The van der Waals surface area contributed by atoms with E-state index >= 15 is 0 Å². The molecular weight excluding hydrogens is 304 g/mol. The maximum atomic E-state index is 13.4. The normalized spacial score (nSPS) is 20.8. The van der Waals surface area contributed by atoms with E-state index in [-0.39, 0.29) is 12.1 Å². The summed E-state index contributed by atoms with van der Waals surface area (Å²) in [5.74, 6) is -1.80. The van der Waals surface area contributed by atoms with Crippen molar-refractivity contribution in [2.45, 2.75) is 18.6 Å². The van der Waals surface area contributed by atoms with Crippen LogP contribution < -0.4 is 5.32 Å². The van der Waals surface area contributed by atoms with Crippen molar-refractivity contribution in [1.82, 2.24) is 15.1 Å². The highest BCUT2D eigenvalue weighted by molar-refractivity contribution is 5.74. The lowest BCUT2D eigenvalue weighted by Gasteiger charge is -2.25. The van der Waals surface area contributed by atoms with Crippen LogP contribution in [0.1, 0.15) is 18.1 Å². The number of carbonyl (C=O) groups excluding carboxylic acids is 1. The molecule has 23 heavy (non-hydrogen) atoms. The Balaban J connectivity index is 1.98. The Bertz CT molecular complexity index is 554. The van der Waals surface area contributed by atoms with E-state index in [0.717, 1.165) is 18.7 Å². The molecule has 5 nitrogen and oxygen atoms in total. The average molecular weight is 327 g/mol. The van der Waals surface area contributed by atoms with Crippen molar-refractivity contribution in [3.05, 3.63) is 35.4 Å². The molecule has 0 radical (unpaired) electrons. The van der Waals surface area contributed by atoms with Crippen molar-refractivity contribution in [2.75, 3.05) is 40.8 Å². The Hall–Kier alpha value is -1.73. The van der Waals surface area contributed by atoms with Gasteiger partial charge in [0.05, 0.1) is 6.04 Å².